The monoisotopic (exact) mass is 390 g/mol. The van der Waals surface area contributed by atoms with Crippen molar-refractivity contribution < 1.29 is 34.0 Å². The molecule has 0 fully saturated rings. The van der Waals surface area contributed by atoms with Crippen molar-refractivity contribution in [3.63, 3.8) is 0 Å². The number of phenols is 2. The van der Waals surface area contributed by atoms with Crippen molar-refractivity contribution in [1.82, 2.24) is 0 Å². The summed E-state index contributed by atoms with van der Waals surface area (Å²) in [6.45, 7) is 5.58. The third kappa shape index (κ3) is 4.47. The summed E-state index contributed by atoms with van der Waals surface area (Å²) < 4.78 is 15.7. The molecule has 0 spiro atoms. The highest BCUT2D eigenvalue weighted by Gasteiger charge is 2.45. The highest BCUT2D eigenvalue weighted by atomic mass is 16.5. The molecular formula is C21H26O7. The van der Waals surface area contributed by atoms with Crippen molar-refractivity contribution >= 4 is 11.9 Å². The second kappa shape index (κ2) is 8.82. The molecule has 7 heteroatoms. The number of hydrogen-bond acceptors (Lipinski definition) is 7. The highest BCUT2D eigenvalue weighted by molar-refractivity contribution is 5.92. The Morgan fingerprint density at radius 3 is 2.61 bits per heavy atom. The fourth-order valence-electron chi connectivity index (χ4n) is 3.46. The van der Waals surface area contributed by atoms with Crippen molar-refractivity contribution in [3.8, 4) is 11.5 Å². The largest absolute Gasteiger partial charge is 0.504 e. The van der Waals surface area contributed by atoms with E-state index in [1.165, 1.54) is 25.5 Å². The van der Waals surface area contributed by atoms with Crippen LogP contribution in [-0.4, -0.2) is 42.0 Å². The van der Waals surface area contributed by atoms with Gasteiger partial charge in [-0.3, -0.25) is 4.79 Å². The lowest BCUT2D eigenvalue weighted by molar-refractivity contribution is -0.146. The average molecular weight is 390 g/mol. The number of allylic oxidation sites excluding steroid dienone is 1. The molecular weight excluding hydrogens is 364 g/mol. The quantitative estimate of drug-likeness (QED) is 0.437. The van der Waals surface area contributed by atoms with Gasteiger partial charge in [0.05, 0.1) is 32.0 Å². The van der Waals surface area contributed by atoms with Gasteiger partial charge in [0.15, 0.2) is 11.5 Å². The van der Waals surface area contributed by atoms with Crippen LogP contribution in [-0.2, 0) is 30.2 Å². The third-order valence-electron chi connectivity index (χ3n) is 4.97. The predicted octanol–water partition coefficient (Wildman–Crippen LogP) is 3.00. The van der Waals surface area contributed by atoms with Crippen LogP contribution in [0.15, 0.2) is 41.7 Å². The number of esters is 2. The van der Waals surface area contributed by atoms with Crippen LogP contribution in [0.5, 0.6) is 11.5 Å². The van der Waals surface area contributed by atoms with E-state index < -0.39 is 17.4 Å². The number of hydrogen-bond donors (Lipinski definition) is 2. The lowest BCUT2D eigenvalue weighted by Crippen LogP contribution is -2.38. The second-order valence-corrected chi connectivity index (χ2v) is 6.85. The summed E-state index contributed by atoms with van der Waals surface area (Å²) in [7, 11) is 1.28. The van der Waals surface area contributed by atoms with Crippen molar-refractivity contribution in [1.29, 1.82) is 0 Å². The first-order valence-electron chi connectivity index (χ1n) is 9.00. The van der Waals surface area contributed by atoms with Crippen molar-refractivity contribution in [3.05, 3.63) is 47.2 Å². The molecule has 1 aliphatic heterocycles. The molecule has 0 amide bonds. The van der Waals surface area contributed by atoms with E-state index in [-0.39, 0.29) is 36.2 Å². The van der Waals surface area contributed by atoms with Crippen LogP contribution in [0.4, 0.5) is 0 Å². The van der Waals surface area contributed by atoms with E-state index in [4.69, 9.17) is 14.2 Å². The molecule has 1 aliphatic rings. The normalized spacial score (nSPS) is 22.9. The third-order valence-corrected chi connectivity index (χ3v) is 4.97. The molecule has 152 valence electrons. The molecule has 0 saturated heterocycles. The maximum atomic E-state index is 12.5. The topological polar surface area (TPSA) is 102 Å². The minimum atomic E-state index is -0.895. The molecule has 1 aromatic rings. The molecule has 2 rings (SSSR count). The highest BCUT2D eigenvalue weighted by Crippen LogP contribution is 2.45. The van der Waals surface area contributed by atoms with Gasteiger partial charge in [0.1, 0.15) is 6.10 Å². The molecule has 0 unspecified atom stereocenters. The van der Waals surface area contributed by atoms with Crippen LogP contribution in [0.3, 0.4) is 0 Å². The van der Waals surface area contributed by atoms with Gasteiger partial charge in [0.2, 0.25) is 0 Å². The SMILES string of the molecule is C/C=C1/[C@H](C)OC=C(C(=O)OC)[C@@]1(C)CC(=O)OCCc1ccc(O)c(O)c1. The van der Waals surface area contributed by atoms with Gasteiger partial charge >= 0.3 is 11.9 Å². The van der Waals surface area contributed by atoms with Crippen LogP contribution in [0.1, 0.15) is 32.8 Å². The zero-order chi connectivity index (χ0) is 20.9. The van der Waals surface area contributed by atoms with Gasteiger partial charge in [0.25, 0.3) is 0 Å². The maximum absolute atomic E-state index is 12.5. The molecule has 0 aliphatic carbocycles. The molecule has 0 radical (unpaired) electrons. The molecule has 28 heavy (non-hydrogen) atoms. The van der Waals surface area contributed by atoms with Gasteiger partial charge in [-0.2, -0.15) is 0 Å². The van der Waals surface area contributed by atoms with Crippen LogP contribution in [0.25, 0.3) is 0 Å². The van der Waals surface area contributed by atoms with Gasteiger partial charge in [0, 0.05) is 11.8 Å². The van der Waals surface area contributed by atoms with Crippen LogP contribution < -0.4 is 0 Å². The standard InChI is InChI=1S/C21H26O7/c1-5-15-13(2)28-12-16(20(25)26-4)21(15,3)11-19(24)27-9-8-14-6-7-17(22)18(23)10-14/h5-7,10,12-13,22-23H,8-9,11H2,1-4H3/b15-5-/t13-,21-/m0/s1. The van der Waals surface area contributed by atoms with Crippen LogP contribution in [0, 0.1) is 5.41 Å². The Bertz CT molecular complexity index is 809. The molecule has 1 heterocycles. The lowest BCUT2D eigenvalue weighted by Gasteiger charge is -2.38. The van der Waals surface area contributed by atoms with Gasteiger partial charge in [-0.1, -0.05) is 19.1 Å². The van der Waals surface area contributed by atoms with Crippen molar-refractivity contribution in [2.75, 3.05) is 13.7 Å². The van der Waals surface area contributed by atoms with E-state index >= 15 is 0 Å². The molecule has 7 nitrogen and oxygen atoms in total. The molecule has 1 aromatic carbocycles. The Hall–Kier alpha value is -2.96. The maximum Gasteiger partial charge on any atom is 0.337 e. The number of rotatable bonds is 6. The zero-order valence-corrected chi connectivity index (χ0v) is 16.5. The number of benzene rings is 1. The van der Waals surface area contributed by atoms with E-state index in [2.05, 4.69) is 0 Å². The minimum absolute atomic E-state index is 0.0395. The number of carbonyl (C=O) groups is 2. The second-order valence-electron chi connectivity index (χ2n) is 6.85. The molecule has 0 aromatic heterocycles. The summed E-state index contributed by atoms with van der Waals surface area (Å²) >= 11 is 0. The van der Waals surface area contributed by atoms with Crippen molar-refractivity contribution in [2.24, 2.45) is 5.41 Å². The summed E-state index contributed by atoms with van der Waals surface area (Å²) in [5, 5.41) is 18.9. The zero-order valence-electron chi connectivity index (χ0n) is 16.5. The Balaban J connectivity index is 2.08. The molecule has 0 saturated carbocycles. The fraction of sp³-hybridized carbons (Fsp3) is 0.429. The summed E-state index contributed by atoms with van der Waals surface area (Å²) in [4.78, 5) is 24.7. The number of aromatic hydroxyl groups is 2. The van der Waals surface area contributed by atoms with E-state index in [0.29, 0.717) is 6.42 Å². The first-order valence-corrected chi connectivity index (χ1v) is 9.00. The van der Waals surface area contributed by atoms with E-state index in [1.54, 1.807) is 13.0 Å². The fourth-order valence-corrected chi connectivity index (χ4v) is 3.46. The van der Waals surface area contributed by atoms with Crippen molar-refractivity contribution in [2.45, 2.75) is 39.7 Å². The van der Waals surface area contributed by atoms with Gasteiger partial charge in [-0.05, 0) is 37.1 Å². The number of methoxy groups -OCH3 is 1. The summed E-state index contributed by atoms with van der Waals surface area (Å²) in [5.41, 5.74) is 0.892. The predicted molar refractivity (Wildman–Crippen MR) is 102 cm³/mol. The smallest absolute Gasteiger partial charge is 0.337 e. The van der Waals surface area contributed by atoms with Gasteiger partial charge in [-0.15, -0.1) is 0 Å². The van der Waals surface area contributed by atoms with E-state index in [0.717, 1.165) is 11.1 Å². The first kappa shape index (κ1) is 21.3. The Kier molecular flexibility index (Phi) is 6.72. The minimum Gasteiger partial charge on any atom is -0.504 e. The van der Waals surface area contributed by atoms with Gasteiger partial charge < -0.3 is 24.4 Å². The average Bonchev–Trinajstić information content (AvgIpc) is 2.64. The molecule has 2 atom stereocenters. The number of phenolic OH excluding ortho intramolecular Hbond substituents is 2. The van der Waals surface area contributed by atoms with E-state index in [1.807, 2.05) is 19.9 Å². The van der Waals surface area contributed by atoms with Gasteiger partial charge in [-0.25, -0.2) is 4.79 Å². The molecule has 0 bridgehead atoms. The molecule has 2 N–H and O–H groups in total. The summed E-state index contributed by atoms with van der Waals surface area (Å²) in [6.07, 6.45) is 3.26. The number of carbonyl (C=O) groups excluding carboxylic acids is 2. The Morgan fingerprint density at radius 1 is 1.29 bits per heavy atom. The summed E-state index contributed by atoms with van der Waals surface area (Å²) in [5.74, 6) is -1.45. The Labute approximate surface area is 164 Å². The number of ether oxygens (including phenoxy) is 3. The first-order chi connectivity index (χ1) is 13.2. The summed E-state index contributed by atoms with van der Waals surface area (Å²) in [6, 6.07) is 4.43. The Morgan fingerprint density at radius 2 is 2.00 bits per heavy atom. The van der Waals surface area contributed by atoms with E-state index in [9.17, 15) is 19.8 Å². The lowest BCUT2D eigenvalue weighted by atomic mass is 9.70. The van der Waals surface area contributed by atoms with Crippen LogP contribution >= 0.6 is 0 Å². The van der Waals surface area contributed by atoms with Crippen LogP contribution in [0.2, 0.25) is 0 Å².